The number of aromatic nitrogens is 2. The van der Waals surface area contributed by atoms with Gasteiger partial charge in [-0.25, -0.2) is 4.79 Å². The summed E-state index contributed by atoms with van der Waals surface area (Å²) in [6.45, 7) is 5.71. The predicted molar refractivity (Wildman–Crippen MR) is 82.8 cm³/mol. The van der Waals surface area contributed by atoms with E-state index in [1.807, 2.05) is 6.92 Å². The molecule has 0 aromatic carbocycles. The number of carboxylic acids is 1. The normalized spacial score (nSPS) is 25.0. The lowest BCUT2D eigenvalue weighted by atomic mass is 9.75. The van der Waals surface area contributed by atoms with Gasteiger partial charge in [0, 0.05) is 12.7 Å². The molecular weight excluding hydrogens is 282 g/mol. The molecule has 1 aliphatic carbocycles. The molecule has 1 aromatic rings. The molecule has 1 heterocycles. The highest BCUT2D eigenvalue weighted by atomic mass is 16.4. The van der Waals surface area contributed by atoms with Crippen LogP contribution in [0.3, 0.4) is 0 Å². The van der Waals surface area contributed by atoms with Crippen LogP contribution in [0.1, 0.15) is 60.8 Å². The van der Waals surface area contributed by atoms with Gasteiger partial charge in [-0.2, -0.15) is 5.10 Å². The van der Waals surface area contributed by atoms with Gasteiger partial charge in [-0.3, -0.25) is 9.48 Å². The number of nitrogens with zero attached hydrogens (tertiary/aromatic N) is 2. The molecule has 1 fully saturated rings. The summed E-state index contributed by atoms with van der Waals surface area (Å²) in [4.78, 5) is 24.4. The van der Waals surface area contributed by atoms with E-state index in [0.29, 0.717) is 30.0 Å². The first kappa shape index (κ1) is 16.5. The number of amides is 1. The summed E-state index contributed by atoms with van der Waals surface area (Å²) in [5, 5.41) is 16.7. The van der Waals surface area contributed by atoms with E-state index in [2.05, 4.69) is 17.3 Å². The van der Waals surface area contributed by atoms with E-state index in [1.165, 1.54) is 0 Å². The Balaban J connectivity index is 2.22. The molecule has 0 unspecified atom stereocenters. The average molecular weight is 307 g/mol. The number of nitrogens with one attached hydrogen (secondary N) is 1. The minimum absolute atomic E-state index is 0.333. The van der Waals surface area contributed by atoms with Gasteiger partial charge in [0.1, 0.15) is 5.54 Å². The number of aryl methyl sites for hydroxylation is 2. The Morgan fingerprint density at radius 2 is 1.95 bits per heavy atom. The van der Waals surface area contributed by atoms with Gasteiger partial charge >= 0.3 is 5.97 Å². The van der Waals surface area contributed by atoms with Crippen LogP contribution in [-0.2, 0) is 11.8 Å². The number of hydrogen-bond donors (Lipinski definition) is 2. The van der Waals surface area contributed by atoms with Gasteiger partial charge in [0.2, 0.25) is 0 Å². The first-order valence-electron chi connectivity index (χ1n) is 7.87. The van der Waals surface area contributed by atoms with Crippen LogP contribution in [0.25, 0.3) is 0 Å². The molecule has 2 rings (SSSR count). The molecule has 2 N–H and O–H groups in total. The van der Waals surface area contributed by atoms with Gasteiger partial charge in [0.05, 0.1) is 11.3 Å². The molecule has 6 heteroatoms. The van der Waals surface area contributed by atoms with E-state index in [4.69, 9.17) is 0 Å². The molecule has 0 atom stereocenters. The maximum atomic E-state index is 12.6. The zero-order chi connectivity index (χ0) is 16.5. The van der Waals surface area contributed by atoms with Gasteiger partial charge in [0.15, 0.2) is 0 Å². The summed E-state index contributed by atoms with van der Waals surface area (Å²) in [6.07, 6.45) is 3.72. The van der Waals surface area contributed by atoms with Gasteiger partial charge in [-0.1, -0.05) is 13.3 Å². The summed E-state index contributed by atoms with van der Waals surface area (Å²) < 4.78 is 1.64. The Hall–Kier alpha value is -1.85. The number of hydrogen-bond acceptors (Lipinski definition) is 3. The molecule has 0 aliphatic heterocycles. The third-order valence-electron chi connectivity index (χ3n) is 5.03. The fourth-order valence-electron chi connectivity index (χ4n) is 3.35. The van der Waals surface area contributed by atoms with E-state index in [0.717, 1.165) is 25.0 Å². The number of rotatable bonds is 4. The Morgan fingerprint density at radius 3 is 2.36 bits per heavy atom. The van der Waals surface area contributed by atoms with Crippen LogP contribution in [0.15, 0.2) is 0 Å². The van der Waals surface area contributed by atoms with E-state index < -0.39 is 11.5 Å². The molecule has 122 valence electrons. The minimum atomic E-state index is -1.14. The molecule has 22 heavy (non-hydrogen) atoms. The molecule has 0 spiro atoms. The van der Waals surface area contributed by atoms with E-state index in [9.17, 15) is 14.7 Å². The summed E-state index contributed by atoms with van der Waals surface area (Å²) in [5.41, 5.74) is 0.719. The van der Waals surface area contributed by atoms with Crippen molar-refractivity contribution in [2.45, 2.75) is 58.4 Å². The van der Waals surface area contributed by atoms with Gasteiger partial charge < -0.3 is 10.4 Å². The fraction of sp³-hybridized carbons (Fsp3) is 0.688. The van der Waals surface area contributed by atoms with Gasteiger partial charge in [-0.15, -0.1) is 0 Å². The predicted octanol–water partition coefficient (Wildman–Crippen LogP) is 2.19. The fourth-order valence-corrected chi connectivity index (χ4v) is 3.35. The molecule has 0 saturated heterocycles. The van der Waals surface area contributed by atoms with Crippen LogP contribution >= 0.6 is 0 Å². The quantitative estimate of drug-likeness (QED) is 0.893. The first-order valence-corrected chi connectivity index (χ1v) is 7.87. The van der Waals surface area contributed by atoms with E-state index >= 15 is 0 Å². The zero-order valence-corrected chi connectivity index (χ0v) is 13.8. The molecule has 1 aliphatic rings. The lowest BCUT2D eigenvalue weighted by Crippen LogP contribution is -2.56. The second-order valence-corrected chi connectivity index (χ2v) is 6.36. The lowest BCUT2D eigenvalue weighted by Gasteiger charge is -2.37. The van der Waals surface area contributed by atoms with Crippen molar-refractivity contribution in [1.82, 2.24) is 15.1 Å². The lowest BCUT2D eigenvalue weighted by molar-refractivity contribution is -0.146. The minimum Gasteiger partial charge on any atom is -0.480 e. The summed E-state index contributed by atoms with van der Waals surface area (Å²) in [6, 6.07) is 0. The smallest absolute Gasteiger partial charge is 0.329 e. The third kappa shape index (κ3) is 2.87. The van der Waals surface area contributed by atoms with E-state index in [1.54, 1.807) is 18.7 Å². The highest BCUT2D eigenvalue weighted by Gasteiger charge is 2.43. The number of carboxylic acid groups (broad SMARTS) is 1. The van der Waals surface area contributed by atoms with Crippen LogP contribution < -0.4 is 5.32 Å². The van der Waals surface area contributed by atoms with Crippen molar-refractivity contribution in [3.05, 3.63) is 17.0 Å². The van der Waals surface area contributed by atoms with Crippen molar-refractivity contribution >= 4 is 11.9 Å². The van der Waals surface area contributed by atoms with Crippen LogP contribution in [-0.4, -0.2) is 32.3 Å². The highest BCUT2D eigenvalue weighted by Crippen LogP contribution is 2.34. The molecule has 0 bridgehead atoms. The van der Waals surface area contributed by atoms with Gasteiger partial charge in [0.25, 0.3) is 5.91 Å². The maximum Gasteiger partial charge on any atom is 0.329 e. The maximum absolute atomic E-state index is 12.6. The van der Waals surface area contributed by atoms with Crippen LogP contribution in [0.2, 0.25) is 0 Å². The summed E-state index contributed by atoms with van der Waals surface area (Å²) >= 11 is 0. The molecule has 6 nitrogen and oxygen atoms in total. The monoisotopic (exact) mass is 307 g/mol. The van der Waals surface area contributed by atoms with Crippen molar-refractivity contribution in [3.8, 4) is 0 Å². The Bertz CT molecular complexity index is 584. The van der Waals surface area contributed by atoms with Crippen molar-refractivity contribution in [3.63, 3.8) is 0 Å². The molecule has 1 aromatic heterocycles. The van der Waals surface area contributed by atoms with Crippen LogP contribution in [0.5, 0.6) is 0 Å². The van der Waals surface area contributed by atoms with Crippen LogP contribution in [0.4, 0.5) is 0 Å². The standard InChI is InChI=1S/C16H25N3O3/c1-5-12-6-8-16(9-7-12,15(21)22)17-14(20)13-10(2)18-19(4)11(13)3/h12H,5-9H2,1-4H3,(H,17,20)(H,21,22). The van der Waals surface area contributed by atoms with Crippen molar-refractivity contribution in [1.29, 1.82) is 0 Å². The van der Waals surface area contributed by atoms with Crippen molar-refractivity contribution in [2.75, 3.05) is 0 Å². The molecule has 0 radical (unpaired) electrons. The number of carbonyl (C=O) groups excluding carboxylic acids is 1. The molecule has 1 amide bonds. The largest absolute Gasteiger partial charge is 0.480 e. The van der Waals surface area contributed by atoms with Crippen molar-refractivity contribution < 1.29 is 14.7 Å². The Morgan fingerprint density at radius 1 is 1.36 bits per heavy atom. The van der Waals surface area contributed by atoms with Crippen LogP contribution in [0, 0.1) is 19.8 Å². The third-order valence-corrected chi connectivity index (χ3v) is 5.03. The summed E-state index contributed by atoms with van der Waals surface area (Å²) in [7, 11) is 1.78. The molecular formula is C16H25N3O3. The topological polar surface area (TPSA) is 84.2 Å². The first-order chi connectivity index (χ1) is 10.3. The molecule has 1 saturated carbocycles. The average Bonchev–Trinajstić information content (AvgIpc) is 2.72. The van der Waals surface area contributed by atoms with Gasteiger partial charge in [-0.05, 0) is 45.4 Å². The summed E-state index contributed by atoms with van der Waals surface area (Å²) in [5.74, 6) is -0.707. The SMILES string of the molecule is CCC1CCC(NC(=O)c2c(C)nn(C)c2C)(C(=O)O)CC1. The number of aliphatic carboxylic acids is 1. The van der Waals surface area contributed by atoms with Crippen molar-refractivity contribution in [2.24, 2.45) is 13.0 Å². The Labute approximate surface area is 130 Å². The Kier molecular flexibility index (Phi) is 4.58. The second-order valence-electron chi connectivity index (χ2n) is 6.36. The van der Waals surface area contributed by atoms with E-state index in [-0.39, 0.29) is 5.91 Å². The second kappa shape index (κ2) is 6.10. The number of carbonyl (C=O) groups is 2. The zero-order valence-electron chi connectivity index (χ0n) is 13.8. The highest BCUT2D eigenvalue weighted by molar-refractivity contribution is 5.99.